The van der Waals surface area contributed by atoms with Crippen LogP contribution in [0.1, 0.15) is 11.1 Å². The fourth-order valence-electron chi connectivity index (χ4n) is 2.19. The van der Waals surface area contributed by atoms with Crippen LogP contribution in [0.15, 0.2) is 46.9 Å². The molecule has 0 saturated heterocycles. The summed E-state index contributed by atoms with van der Waals surface area (Å²) in [5.41, 5.74) is 2.31. The van der Waals surface area contributed by atoms with Gasteiger partial charge in [0.15, 0.2) is 24.8 Å². The molecular weight excluding hydrogens is 405 g/mol. The molecular formula is C19H19BrFNO4. The highest BCUT2D eigenvalue weighted by Gasteiger charge is 2.10. The van der Waals surface area contributed by atoms with Crippen LogP contribution < -0.4 is 10.1 Å². The molecule has 2 aromatic carbocycles. The minimum atomic E-state index is -0.749. The smallest absolute Gasteiger partial charge is 0.344 e. The van der Waals surface area contributed by atoms with E-state index in [0.29, 0.717) is 17.4 Å². The lowest BCUT2D eigenvalue weighted by atomic mass is 10.1. The molecule has 1 amide bonds. The molecule has 138 valence electrons. The van der Waals surface area contributed by atoms with E-state index >= 15 is 0 Å². The molecule has 2 rings (SSSR count). The third-order valence-corrected chi connectivity index (χ3v) is 4.07. The van der Waals surface area contributed by atoms with Crippen molar-refractivity contribution in [3.05, 3.63) is 63.9 Å². The maximum atomic E-state index is 13.6. The van der Waals surface area contributed by atoms with E-state index in [2.05, 4.69) is 21.2 Å². The van der Waals surface area contributed by atoms with Crippen molar-refractivity contribution in [2.75, 3.05) is 19.8 Å². The van der Waals surface area contributed by atoms with Gasteiger partial charge in [-0.2, -0.15) is 0 Å². The van der Waals surface area contributed by atoms with Crippen LogP contribution in [-0.2, 0) is 20.7 Å². The Morgan fingerprint density at radius 1 is 1.15 bits per heavy atom. The fourth-order valence-corrected chi connectivity index (χ4v) is 2.53. The lowest BCUT2D eigenvalue weighted by Crippen LogP contribution is -2.31. The molecule has 0 atom stereocenters. The van der Waals surface area contributed by atoms with Crippen LogP contribution in [0.5, 0.6) is 5.75 Å². The molecule has 2 aromatic rings. The van der Waals surface area contributed by atoms with Gasteiger partial charge in [-0.1, -0.05) is 40.2 Å². The summed E-state index contributed by atoms with van der Waals surface area (Å²) < 4.78 is 24.0. The second kappa shape index (κ2) is 9.91. The Balaban J connectivity index is 1.65. The molecule has 0 heterocycles. The zero-order valence-corrected chi connectivity index (χ0v) is 15.8. The number of halogens is 2. The van der Waals surface area contributed by atoms with Gasteiger partial charge in [0.2, 0.25) is 0 Å². The second-order valence-electron chi connectivity index (χ2n) is 5.55. The van der Waals surface area contributed by atoms with Crippen LogP contribution in [0.3, 0.4) is 0 Å². The van der Waals surface area contributed by atoms with Gasteiger partial charge in [-0.25, -0.2) is 9.18 Å². The highest BCUT2D eigenvalue weighted by Crippen LogP contribution is 2.21. The van der Waals surface area contributed by atoms with Crippen molar-refractivity contribution in [1.29, 1.82) is 0 Å². The van der Waals surface area contributed by atoms with E-state index in [1.807, 2.05) is 31.2 Å². The first-order valence-corrected chi connectivity index (χ1v) is 8.79. The Bertz CT molecular complexity index is 782. The largest absolute Gasteiger partial charge is 0.479 e. The molecule has 0 aromatic heterocycles. The Labute approximate surface area is 159 Å². The van der Waals surface area contributed by atoms with Gasteiger partial charge < -0.3 is 14.8 Å². The summed E-state index contributed by atoms with van der Waals surface area (Å²) in [5.74, 6) is -1.81. The highest BCUT2D eigenvalue weighted by atomic mass is 79.9. The van der Waals surface area contributed by atoms with Crippen LogP contribution in [0, 0.1) is 12.7 Å². The number of carbonyl (C=O) groups is 2. The van der Waals surface area contributed by atoms with Gasteiger partial charge in [0.25, 0.3) is 5.91 Å². The van der Waals surface area contributed by atoms with E-state index in [0.717, 1.165) is 11.1 Å². The SMILES string of the molecule is Cc1ccccc1CCNC(=O)COC(=O)COc1ccc(Br)cc1F. The van der Waals surface area contributed by atoms with Crippen molar-refractivity contribution in [3.63, 3.8) is 0 Å². The maximum absolute atomic E-state index is 13.6. The number of nitrogens with one attached hydrogen (secondary N) is 1. The van der Waals surface area contributed by atoms with E-state index in [1.54, 1.807) is 6.07 Å². The van der Waals surface area contributed by atoms with Crippen molar-refractivity contribution >= 4 is 27.8 Å². The Hall–Kier alpha value is -2.41. The Morgan fingerprint density at radius 2 is 1.92 bits per heavy atom. The third-order valence-electron chi connectivity index (χ3n) is 3.58. The summed E-state index contributed by atoms with van der Waals surface area (Å²) in [7, 11) is 0. The molecule has 0 spiro atoms. The lowest BCUT2D eigenvalue weighted by molar-refractivity contribution is -0.150. The van der Waals surface area contributed by atoms with Crippen molar-refractivity contribution in [2.45, 2.75) is 13.3 Å². The Kier molecular flexibility index (Phi) is 7.59. The van der Waals surface area contributed by atoms with Crippen LogP contribution >= 0.6 is 15.9 Å². The summed E-state index contributed by atoms with van der Waals surface area (Å²) in [6.45, 7) is 1.57. The minimum absolute atomic E-state index is 0.0622. The number of ether oxygens (including phenoxy) is 2. The third kappa shape index (κ3) is 6.48. The summed E-state index contributed by atoms with van der Waals surface area (Å²) in [4.78, 5) is 23.3. The van der Waals surface area contributed by atoms with E-state index in [9.17, 15) is 14.0 Å². The lowest BCUT2D eigenvalue weighted by Gasteiger charge is -2.09. The average Bonchev–Trinajstić information content (AvgIpc) is 2.61. The molecule has 0 aliphatic heterocycles. The molecule has 0 fully saturated rings. The molecule has 1 N–H and O–H groups in total. The van der Waals surface area contributed by atoms with Gasteiger partial charge in [0.05, 0.1) is 0 Å². The molecule has 26 heavy (non-hydrogen) atoms. The van der Waals surface area contributed by atoms with Crippen LogP contribution in [0.2, 0.25) is 0 Å². The first-order chi connectivity index (χ1) is 12.5. The minimum Gasteiger partial charge on any atom is -0.479 e. The van der Waals surface area contributed by atoms with Gasteiger partial charge in [0.1, 0.15) is 0 Å². The molecule has 0 saturated carbocycles. The fraction of sp³-hybridized carbons (Fsp3) is 0.263. The summed E-state index contributed by atoms with van der Waals surface area (Å²) in [6, 6.07) is 12.1. The van der Waals surface area contributed by atoms with Crippen molar-refractivity contribution in [2.24, 2.45) is 0 Å². The predicted octanol–water partition coefficient (Wildman–Crippen LogP) is 3.18. The zero-order valence-electron chi connectivity index (χ0n) is 14.3. The number of hydrogen-bond acceptors (Lipinski definition) is 4. The van der Waals surface area contributed by atoms with Gasteiger partial charge in [-0.05, 0) is 42.7 Å². The topological polar surface area (TPSA) is 64.6 Å². The van der Waals surface area contributed by atoms with Crippen LogP contribution in [0.4, 0.5) is 4.39 Å². The molecule has 5 nitrogen and oxygen atoms in total. The number of benzene rings is 2. The quantitative estimate of drug-likeness (QED) is 0.662. The standard InChI is InChI=1S/C19H19BrFNO4/c1-13-4-2-3-5-14(13)8-9-22-18(23)11-26-19(24)12-25-17-7-6-15(20)10-16(17)21/h2-7,10H,8-9,11-12H2,1H3,(H,22,23). The van der Waals surface area contributed by atoms with Crippen molar-refractivity contribution in [3.8, 4) is 5.75 Å². The number of hydrogen-bond donors (Lipinski definition) is 1. The number of aryl methyl sites for hydroxylation is 1. The first-order valence-electron chi connectivity index (χ1n) is 8.00. The van der Waals surface area contributed by atoms with Gasteiger partial charge in [0, 0.05) is 11.0 Å². The molecule has 0 aliphatic rings. The molecule has 0 aliphatic carbocycles. The molecule has 0 bridgehead atoms. The van der Waals surface area contributed by atoms with Crippen molar-refractivity contribution < 1.29 is 23.5 Å². The monoisotopic (exact) mass is 423 g/mol. The van der Waals surface area contributed by atoms with Gasteiger partial charge >= 0.3 is 5.97 Å². The highest BCUT2D eigenvalue weighted by molar-refractivity contribution is 9.10. The van der Waals surface area contributed by atoms with E-state index in [-0.39, 0.29) is 5.75 Å². The number of rotatable bonds is 8. The second-order valence-corrected chi connectivity index (χ2v) is 6.47. The summed E-state index contributed by atoms with van der Waals surface area (Å²) in [6.07, 6.45) is 0.693. The van der Waals surface area contributed by atoms with Crippen molar-refractivity contribution in [1.82, 2.24) is 5.32 Å². The van der Waals surface area contributed by atoms with Crippen LogP contribution in [0.25, 0.3) is 0 Å². The maximum Gasteiger partial charge on any atom is 0.344 e. The normalized spacial score (nSPS) is 10.3. The number of amides is 1. The summed E-state index contributed by atoms with van der Waals surface area (Å²) in [5, 5.41) is 2.68. The van der Waals surface area contributed by atoms with Crippen LogP contribution in [-0.4, -0.2) is 31.6 Å². The first kappa shape index (κ1) is 19.9. The molecule has 7 heteroatoms. The van der Waals surface area contributed by atoms with Gasteiger partial charge in [-0.15, -0.1) is 0 Å². The van der Waals surface area contributed by atoms with Gasteiger partial charge in [-0.3, -0.25) is 4.79 Å². The van der Waals surface area contributed by atoms with E-state index in [4.69, 9.17) is 9.47 Å². The predicted molar refractivity (Wildman–Crippen MR) is 98.4 cm³/mol. The van der Waals surface area contributed by atoms with E-state index < -0.39 is 30.9 Å². The van der Waals surface area contributed by atoms with E-state index in [1.165, 1.54) is 12.1 Å². The number of esters is 1. The number of carbonyl (C=O) groups excluding carboxylic acids is 2. The zero-order chi connectivity index (χ0) is 18.9. The molecule has 0 unspecified atom stereocenters. The summed E-state index contributed by atoms with van der Waals surface area (Å²) >= 11 is 3.12. The Morgan fingerprint density at radius 3 is 2.65 bits per heavy atom. The average molecular weight is 424 g/mol. The molecule has 0 radical (unpaired) electrons.